The Kier molecular flexibility index (Phi) is 4.35. The van der Waals surface area contributed by atoms with Crippen molar-refractivity contribution in [2.45, 2.75) is 20.8 Å². The highest BCUT2D eigenvalue weighted by Crippen LogP contribution is 2.38. The summed E-state index contributed by atoms with van der Waals surface area (Å²) < 4.78 is 16.8. The fraction of sp³-hybridized carbons (Fsp3) is 0.130. The predicted molar refractivity (Wildman–Crippen MR) is 106 cm³/mol. The minimum atomic E-state index is -0.464. The molecule has 5 heteroatoms. The molecule has 0 aliphatic rings. The standard InChI is InChI=1S/C23H18O5/c1-13-21(17-9-5-7-11-19(17)26-15(3)24)14(2)23(25)28-22(13)20-12-16-8-4-6-10-18(16)27-20/h4-12H,1-3H3. The summed E-state index contributed by atoms with van der Waals surface area (Å²) in [6.07, 6.45) is 0. The van der Waals surface area contributed by atoms with Gasteiger partial charge in [0.1, 0.15) is 11.3 Å². The maximum absolute atomic E-state index is 12.6. The van der Waals surface area contributed by atoms with Crippen LogP contribution in [-0.2, 0) is 4.79 Å². The molecule has 0 atom stereocenters. The third kappa shape index (κ3) is 3.01. The van der Waals surface area contributed by atoms with E-state index in [1.807, 2.05) is 49.4 Å². The fourth-order valence-electron chi connectivity index (χ4n) is 3.39. The van der Waals surface area contributed by atoms with Crippen molar-refractivity contribution >= 4 is 16.9 Å². The van der Waals surface area contributed by atoms with Crippen molar-refractivity contribution in [3.05, 3.63) is 76.1 Å². The number of benzene rings is 2. The van der Waals surface area contributed by atoms with Crippen LogP contribution in [0.1, 0.15) is 18.1 Å². The Balaban J connectivity index is 1.98. The second kappa shape index (κ2) is 6.85. The third-order valence-corrected chi connectivity index (χ3v) is 4.65. The molecule has 28 heavy (non-hydrogen) atoms. The van der Waals surface area contributed by atoms with Crippen LogP contribution in [-0.4, -0.2) is 5.97 Å². The minimum absolute atomic E-state index is 0.361. The maximum Gasteiger partial charge on any atom is 0.339 e. The van der Waals surface area contributed by atoms with Gasteiger partial charge in [0.2, 0.25) is 0 Å². The Bertz CT molecular complexity index is 1230. The maximum atomic E-state index is 12.6. The van der Waals surface area contributed by atoms with Gasteiger partial charge in [-0.25, -0.2) is 4.79 Å². The van der Waals surface area contributed by atoms with Gasteiger partial charge in [-0.2, -0.15) is 0 Å². The topological polar surface area (TPSA) is 69.7 Å². The largest absolute Gasteiger partial charge is 0.453 e. The van der Waals surface area contributed by atoms with Gasteiger partial charge in [-0.05, 0) is 32.0 Å². The van der Waals surface area contributed by atoms with E-state index in [0.29, 0.717) is 39.5 Å². The van der Waals surface area contributed by atoms with Crippen LogP contribution < -0.4 is 10.4 Å². The molecule has 0 fully saturated rings. The zero-order chi connectivity index (χ0) is 19.8. The highest BCUT2D eigenvalue weighted by atomic mass is 16.5. The average Bonchev–Trinajstić information content (AvgIpc) is 3.09. The molecule has 0 unspecified atom stereocenters. The number of ether oxygens (including phenoxy) is 1. The fourth-order valence-corrected chi connectivity index (χ4v) is 3.39. The molecule has 0 saturated carbocycles. The van der Waals surface area contributed by atoms with Crippen molar-refractivity contribution in [2.75, 3.05) is 0 Å². The Hall–Kier alpha value is -3.60. The molecule has 0 saturated heterocycles. The van der Waals surface area contributed by atoms with Gasteiger partial charge in [-0.1, -0.05) is 36.4 Å². The van der Waals surface area contributed by atoms with Crippen LogP contribution in [0.25, 0.3) is 33.6 Å². The summed E-state index contributed by atoms with van der Waals surface area (Å²) in [5.74, 6) is 0.798. The monoisotopic (exact) mass is 374 g/mol. The minimum Gasteiger partial charge on any atom is -0.453 e. The van der Waals surface area contributed by atoms with E-state index in [2.05, 4.69) is 0 Å². The quantitative estimate of drug-likeness (QED) is 0.361. The first-order valence-electron chi connectivity index (χ1n) is 8.87. The molecule has 0 aliphatic carbocycles. The van der Waals surface area contributed by atoms with Crippen LogP contribution in [0.5, 0.6) is 5.75 Å². The van der Waals surface area contributed by atoms with E-state index in [-0.39, 0.29) is 0 Å². The van der Waals surface area contributed by atoms with Crippen LogP contribution in [0.3, 0.4) is 0 Å². The van der Waals surface area contributed by atoms with Crippen LogP contribution in [0.15, 0.2) is 68.2 Å². The number of carbonyl (C=O) groups is 1. The van der Waals surface area contributed by atoms with E-state index >= 15 is 0 Å². The number of rotatable bonds is 3. The summed E-state index contributed by atoms with van der Waals surface area (Å²) in [6.45, 7) is 4.90. The van der Waals surface area contributed by atoms with E-state index in [1.54, 1.807) is 19.1 Å². The Morgan fingerprint density at radius 2 is 1.64 bits per heavy atom. The first-order chi connectivity index (χ1) is 13.5. The normalized spacial score (nSPS) is 11.0. The third-order valence-electron chi connectivity index (χ3n) is 4.65. The van der Waals surface area contributed by atoms with Gasteiger partial charge in [0, 0.05) is 34.6 Å². The van der Waals surface area contributed by atoms with E-state index in [0.717, 1.165) is 10.9 Å². The summed E-state index contributed by atoms with van der Waals surface area (Å²) in [6, 6.07) is 16.6. The molecule has 0 aliphatic heterocycles. The van der Waals surface area contributed by atoms with E-state index in [9.17, 15) is 9.59 Å². The molecule has 4 aromatic rings. The van der Waals surface area contributed by atoms with Gasteiger partial charge in [0.25, 0.3) is 0 Å². The number of furan rings is 1. The zero-order valence-electron chi connectivity index (χ0n) is 15.7. The van der Waals surface area contributed by atoms with Gasteiger partial charge in [0.15, 0.2) is 11.5 Å². The first kappa shape index (κ1) is 17.8. The second-order valence-electron chi connectivity index (χ2n) is 6.58. The number of para-hydroxylation sites is 2. The van der Waals surface area contributed by atoms with Crippen LogP contribution in [0.2, 0.25) is 0 Å². The molecule has 0 amide bonds. The smallest absolute Gasteiger partial charge is 0.339 e. The van der Waals surface area contributed by atoms with E-state index in [4.69, 9.17) is 13.6 Å². The highest BCUT2D eigenvalue weighted by molar-refractivity contribution is 5.85. The van der Waals surface area contributed by atoms with Crippen molar-refractivity contribution in [1.82, 2.24) is 0 Å². The van der Waals surface area contributed by atoms with Crippen molar-refractivity contribution in [1.29, 1.82) is 0 Å². The van der Waals surface area contributed by atoms with E-state index in [1.165, 1.54) is 6.92 Å². The Morgan fingerprint density at radius 1 is 0.929 bits per heavy atom. The number of fused-ring (bicyclic) bond motifs is 1. The molecule has 0 bridgehead atoms. The summed E-state index contributed by atoms with van der Waals surface area (Å²) in [5, 5.41) is 0.919. The van der Waals surface area contributed by atoms with Crippen molar-refractivity contribution in [3.8, 4) is 28.4 Å². The molecule has 2 aromatic carbocycles. The number of hydrogen-bond acceptors (Lipinski definition) is 5. The Labute approximate surface area is 161 Å². The SMILES string of the molecule is CC(=O)Oc1ccccc1-c1c(C)c(-c2cc3ccccc3o2)oc(=O)c1C. The molecule has 140 valence electrons. The molecular formula is C23H18O5. The van der Waals surface area contributed by atoms with Crippen LogP contribution in [0.4, 0.5) is 0 Å². The molecule has 2 aromatic heterocycles. The lowest BCUT2D eigenvalue weighted by atomic mass is 9.95. The van der Waals surface area contributed by atoms with Crippen molar-refractivity contribution in [2.24, 2.45) is 0 Å². The molecule has 2 heterocycles. The van der Waals surface area contributed by atoms with Crippen LogP contribution >= 0.6 is 0 Å². The molecular weight excluding hydrogens is 356 g/mol. The number of hydrogen-bond donors (Lipinski definition) is 0. The lowest BCUT2D eigenvalue weighted by Gasteiger charge is -2.14. The lowest BCUT2D eigenvalue weighted by molar-refractivity contribution is -0.131. The highest BCUT2D eigenvalue weighted by Gasteiger charge is 2.21. The second-order valence-corrected chi connectivity index (χ2v) is 6.58. The number of esters is 1. The van der Waals surface area contributed by atoms with Gasteiger partial charge >= 0.3 is 11.6 Å². The molecule has 5 nitrogen and oxygen atoms in total. The van der Waals surface area contributed by atoms with Gasteiger partial charge < -0.3 is 13.6 Å². The summed E-state index contributed by atoms with van der Waals surface area (Å²) in [7, 11) is 0. The zero-order valence-corrected chi connectivity index (χ0v) is 15.7. The van der Waals surface area contributed by atoms with Crippen molar-refractivity contribution in [3.63, 3.8) is 0 Å². The molecule has 0 radical (unpaired) electrons. The molecule has 0 N–H and O–H groups in total. The van der Waals surface area contributed by atoms with Crippen molar-refractivity contribution < 1.29 is 18.4 Å². The average molecular weight is 374 g/mol. The van der Waals surface area contributed by atoms with E-state index < -0.39 is 11.6 Å². The van der Waals surface area contributed by atoms with Gasteiger partial charge in [0.05, 0.1) is 0 Å². The Morgan fingerprint density at radius 3 is 2.39 bits per heavy atom. The summed E-state index contributed by atoms with van der Waals surface area (Å²) in [4.78, 5) is 24.1. The lowest BCUT2D eigenvalue weighted by Crippen LogP contribution is -2.10. The van der Waals surface area contributed by atoms with Gasteiger partial charge in [-0.15, -0.1) is 0 Å². The summed E-state index contributed by atoms with van der Waals surface area (Å²) >= 11 is 0. The van der Waals surface area contributed by atoms with Crippen LogP contribution in [0, 0.1) is 13.8 Å². The predicted octanol–water partition coefficient (Wildman–Crippen LogP) is 5.26. The first-order valence-corrected chi connectivity index (χ1v) is 8.87. The molecule has 4 rings (SSSR count). The molecule has 0 spiro atoms. The summed E-state index contributed by atoms with van der Waals surface area (Å²) in [5.41, 5.74) is 2.74. The van der Waals surface area contributed by atoms with Gasteiger partial charge in [-0.3, -0.25) is 4.79 Å². The number of carbonyl (C=O) groups excluding carboxylic acids is 1.